The molecule has 0 spiro atoms. The van der Waals surface area contributed by atoms with E-state index < -0.39 is 0 Å². The van der Waals surface area contributed by atoms with Crippen molar-refractivity contribution in [1.29, 1.82) is 0 Å². The minimum absolute atomic E-state index is 0.107. The molecule has 74 valence electrons. The molecule has 0 aliphatic carbocycles. The van der Waals surface area contributed by atoms with Crippen molar-refractivity contribution >= 4 is 0 Å². The molecule has 1 aliphatic rings. The summed E-state index contributed by atoms with van der Waals surface area (Å²) in [6.45, 7) is 7.25. The van der Waals surface area contributed by atoms with Crippen molar-refractivity contribution in [3.05, 3.63) is 42.8 Å². The third-order valence-corrected chi connectivity index (χ3v) is 2.45. The minimum Gasteiger partial charge on any atom is -0.372 e. The van der Waals surface area contributed by atoms with Crippen LogP contribution in [0.25, 0.3) is 0 Å². The van der Waals surface area contributed by atoms with Crippen LogP contribution < -0.4 is 5.32 Å². The molecule has 2 atom stereocenters. The molecule has 0 unspecified atom stereocenters. The Bertz CT molecular complexity index is 273. The van der Waals surface area contributed by atoms with E-state index in [0.717, 1.165) is 13.0 Å². The lowest BCUT2D eigenvalue weighted by atomic mass is 10.2. The van der Waals surface area contributed by atoms with E-state index in [0.29, 0.717) is 6.61 Å². The summed E-state index contributed by atoms with van der Waals surface area (Å²) in [6, 6.07) is 10.3. The van der Waals surface area contributed by atoms with E-state index >= 15 is 0 Å². The summed E-state index contributed by atoms with van der Waals surface area (Å²) in [4.78, 5) is 0. The number of rotatable bonds is 3. The fourth-order valence-electron chi connectivity index (χ4n) is 1.65. The van der Waals surface area contributed by atoms with Crippen LogP contribution >= 0.6 is 0 Å². The van der Waals surface area contributed by atoms with Gasteiger partial charge < -0.3 is 10.1 Å². The van der Waals surface area contributed by atoms with Crippen LogP contribution in [-0.4, -0.2) is 18.7 Å². The van der Waals surface area contributed by atoms with Gasteiger partial charge in [-0.3, -0.25) is 0 Å². The molecule has 0 aromatic heterocycles. The molecule has 2 nitrogen and oxygen atoms in total. The first kappa shape index (κ1) is 9.69. The highest BCUT2D eigenvalue weighted by Crippen LogP contribution is 2.11. The molecule has 14 heavy (non-hydrogen) atoms. The topological polar surface area (TPSA) is 21.3 Å². The Kier molecular flexibility index (Phi) is 3.17. The maximum absolute atomic E-state index is 5.72. The number of hydrogen-bond donors (Lipinski definition) is 1. The molecule has 1 aliphatic heterocycles. The summed E-state index contributed by atoms with van der Waals surface area (Å²) >= 11 is 0. The first-order valence-corrected chi connectivity index (χ1v) is 4.99. The van der Waals surface area contributed by atoms with Gasteiger partial charge in [0.15, 0.2) is 0 Å². The molecule has 2 radical (unpaired) electrons. The zero-order valence-electron chi connectivity index (χ0n) is 8.15. The maximum Gasteiger partial charge on any atom is 0.0721 e. The Labute approximate surface area is 85.3 Å². The zero-order valence-corrected chi connectivity index (χ0v) is 8.15. The van der Waals surface area contributed by atoms with E-state index in [4.69, 9.17) is 11.7 Å². The number of ether oxygens (including phenoxy) is 1. The molecular formula is C12H15NO. The van der Waals surface area contributed by atoms with E-state index in [1.54, 1.807) is 0 Å². The second-order valence-corrected chi connectivity index (χ2v) is 3.67. The number of hydrogen-bond acceptors (Lipinski definition) is 2. The van der Waals surface area contributed by atoms with Gasteiger partial charge in [-0.1, -0.05) is 30.3 Å². The molecule has 1 N–H and O–H groups in total. The maximum atomic E-state index is 5.72. The predicted octanol–water partition coefficient (Wildman–Crippen LogP) is 1.64. The average Bonchev–Trinajstić information content (AvgIpc) is 2.63. The Morgan fingerprint density at radius 3 is 2.79 bits per heavy atom. The highest BCUT2D eigenvalue weighted by molar-refractivity contribution is 5.13. The Morgan fingerprint density at radius 2 is 2.14 bits per heavy atom. The van der Waals surface area contributed by atoms with Crippen LogP contribution in [0.5, 0.6) is 0 Å². The second-order valence-electron chi connectivity index (χ2n) is 3.67. The van der Waals surface area contributed by atoms with Crippen molar-refractivity contribution in [3.63, 3.8) is 0 Å². The van der Waals surface area contributed by atoms with Gasteiger partial charge in [0, 0.05) is 12.6 Å². The molecule has 2 heteroatoms. The Hall–Kier alpha value is -0.860. The first-order valence-electron chi connectivity index (χ1n) is 4.99. The van der Waals surface area contributed by atoms with Crippen LogP contribution in [0.3, 0.4) is 0 Å². The highest BCUT2D eigenvalue weighted by atomic mass is 16.5. The Balaban J connectivity index is 1.78. The smallest absolute Gasteiger partial charge is 0.0721 e. The molecule has 0 bridgehead atoms. The van der Waals surface area contributed by atoms with Gasteiger partial charge in [0.2, 0.25) is 0 Å². The lowest BCUT2D eigenvalue weighted by molar-refractivity contribution is 0.0532. The lowest BCUT2D eigenvalue weighted by Gasteiger charge is -2.10. The van der Waals surface area contributed by atoms with Crippen LogP contribution in [-0.2, 0) is 11.3 Å². The minimum atomic E-state index is 0.107. The summed E-state index contributed by atoms with van der Waals surface area (Å²) in [5.41, 5.74) is 1.22. The third-order valence-electron chi connectivity index (χ3n) is 2.45. The number of benzene rings is 1. The normalized spacial score (nSPS) is 26.6. The molecule has 1 saturated heterocycles. The largest absolute Gasteiger partial charge is 0.372 e. The molecule has 0 saturated carbocycles. The van der Waals surface area contributed by atoms with Crippen molar-refractivity contribution < 1.29 is 4.74 Å². The van der Waals surface area contributed by atoms with Gasteiger partial charge in [-0.25, -0.2) is 0 Å². The second kappa shape index (κ2) is 4.58. The molecule has 1 heterocycles. The van der Waals surface area contributed by atoms with Crippen LogP contribution in [0.2, 0.25) is 0 Å². The fraction of sp³-hybridized carbons (Fsp3) is 0.417. The first-order chi connectivity index (χ1) is 6.84. The molecule has 1 aromatic carbocycles. The van der Waals surface area contributed by atoms with Crippen molar-refractivity contribution in [2.75, 3.05) is 6.54 Å². The quantitative estimate of drug-likeness (QED) is 0.780. The molecular weight excluding hydrogens is 174 g/mol. The van der Waals surface area contributed by atoms with E-state index in [2.05, 4.69) is 17.4 Å². The van der Waals surface area contributed by atoms with Crippen LogP contribution in [0, 0.1) is 6.92 Å². The fourth-order valence-corrected chi connectivity index (χ4v) is 1.65. The monoisotopic (exact) mass is 189 g/mol. The zero-order chi connectivity index (χ0) is 9.80. The predicted molar refractivity (Wildman–Crippen MR) is 55.7 cm³/mol. The van der Waals surface area contributed by atoms with Crippen molar-refractivity contribution in [2.45, 2.75) is 25.2 Å². The highest BCUT2D eigenvalue weighted by Gasteiger charge is 2.20. The van der Waals surface area contributed by atoms with Gasteiger partial charge in [-0.2, -0.15) is 0 Å². The van der Waals surface area contributed by atoms with Crippen molar-refractivity contribution in [3.8, 4) is 0 Å². The lowest BCUT2D eigenvalue weighted by Crippen LogP contribution is -2.18. The summed E-state index contributed by atoms with van der Waals surface area (Å²) in [5.74, 6) is 0. The summed E-state index contributed by atoms with van der Waals surface area (Å²) < 4.78 is 5.72. The Morgan fingerprint density at radius 1 is 1.36 bits per heavy atom. The van der Waals surface area contributed by atoms with E-state index in [1.807, 2.05) is 18.2 Å². The summed E-state index contributed by atoms with van der Waals surface area (Å²) in [7, 11) is 0. The van der Waals surface area contributed by atoms with Crippen LogP contribution in [0.1, 0.15) is 12.0 Å². The molecule has 2 rings (SSSR count). The average molecular weight is 189 g/mol. The van der Waals surface area contributed by atoms with Gasteiger partial charge in [0.1, 0.15) is 0 Å². The van der Waals surface area contributed by atoms with E-state index in [-0.39, 0.29) is 12.1 Å². The van der Waals surface area contributed by atoms with Crippen molar-refractivity contribution in [1.82, 2.24) is 5.32 Å². The number of nitrogens with one attached hydrogen (secondary N) is 1. The van der Waals surface area contributed by atoms with E-state index in [9.17, 15) is 0 Å². The summed E-state index contributed by atoms with van der Waals surface area (Å²) in [6.07, 6.45) is 1.18. The van der Waals surface area contributed by atoms with Crippen LogP contribution in [0.15, 0.2) is 30.3 Å². The summed E-state index contributed by atoms with van der Waals surface area (Å²) in [5, 5.41) is 3.16. The molecule has 1 fully saturated rings. The van der Waals surface area contributed by atoms with Gasteiger partial charge in [-0.15, -0.1) is 0 Å². The van der Waals surface area contributed by atoms with E-state index in [1.165, 1.54) is 5.56 Å². The third kappa shape index (κ3) is 2.56. The molecule has 0 amide bonds. The van der Waals surface area contributed by atoms with Gasteiger partial charge in [0.25, 0.3) is 0 Å². The van der Waals surface area contributed by atoms with Gasteiger partial charge in [0.05, 0.1) is 12.7 Å². The van der Waals surface area contributed by atoms with Crippen molar-refractivity contribution in [2.24, 2.45) is 0 Å². The van der Waals surface area contributed by atoms with Gasteiger partial charge in [-0.05, 0) is 18.9 Å². The van der Waals surface area contributed by atoms with Crippen LogP contribution in [0.4, 0.5) is 0 Å². The standard InChI is InChI=1S/C12H15NO/c1-10-7-12(8-13-10)14-9-11-5-3-2-4-6-11/h1-6,10,12-13H,7-9H2/t10-,12+/m1/s1. The van der Waals surface area contributed by atoms with Gasteiger partial charge >= 0.3 is 0 Å². The molecule has 1 aromatic rings. The SMILES string of the molecule is [CH][C@@H]1C[C@H](OCc2ccccc2)CN1.